The van der Waals surface area contributed by atoms with Gasteiger partial charge in [-0.05, 0) is 38.0 Å². The predicted octanol–water partition coefficient (Wildman–Crippen LogP) is 3.76. The molecule has 1 aliphatic heterocycles. The third-order valence-electron chi connectivity index (χ3n) is 3.85. The van der Waals surface area contributed by atoms with Gasteiger partial charge in [0, 0.05) is 29.2 Å². The van der Waals surface area contributed by atoms with Gasteiger partial charge < -0.3 is 10.0 Å². The molecule has 0 fully saturated rings. The molecule has 0 radical (unpaired) electrons. The first-order valence-electron chi connectivity index (χ1n) is 6.69. The second kappa shape index (κ2) is 5.41. The molecule has 1 aromatic carbocycles. The lowest BCUT2D eigenvalue weighted by Gasteiger charge is -2.24. The zero-order chi connectivity index (χ0) is 14.2. The number of carboxylic acids is 1. The summed E-state index contributed by atoms with van der Waals surface area (Å²) >= 11 is 6.32. The zero-order valence-electron chi connectivity index (χ0n) is 11.6. The molecular weight excluding hydrogens is 262 g/mol. The quantitative estimate of drug-likeness (QED) is 0.913. The summed E-state index contributed by atoms with van der Waals surface area (Å²) in [6.45, 7) is 6.91. The van der Waals surface area contributed by atoms with Crippen molar-refractivity contribution in [2.75, 3.05) is 11.4 Å². The van der Waals surface area contributed by atoms with Crippen molar-refractivity contribution in [2.24, 2.45) is 5.92 Å². The van der Waals surface area contributed by atoms with Gasteiger partial charge in [0.05, 0.1) is 5.92 Å². The first-order chi connectivity index (χ1) is 8.91. The van der Waals surface area contributed by atoms with Crippen molar-refractivity contribution in [3.63, 3.8) is 0 Å². The molecule has 0 aromatic heterocycles. The summed E-state index contributed by atoms with van der Waals surface area (Å²) in [4.78, 5) is 13.4. The topological polar surface area (TPSA) is 40.5 Å². The van der Waals surface area contributed by atoms with E-state index in [1.54, 1.807) is 6.92 Å². The molecule has 104 valence electrons. The van der Waals surface area contributed by atoms with E-state index in [-0.39, 0.29) is 11.8 Å². The Morgan fingerprint density at radius 1 is 1.47 bits per heavy atom. The van der Waals surface area contributed by atoms with Crippen molar-refractivity contribution >= 4 is 23.3 Å². The molecule has 1 N–H and O–H groups in total. The van der Waals surface area contributed by atoms with Gasteiger partial charge in [-0.15, -0.1) is 0 Å². The van der Waals surface area contributed by atoms with E-state index in [1.807, 2.05) is 12.1 Å². The predicted molar refractivity (Wildman–Crippen MR) is 78.1 cm³/mol. The second-order valence-corrected chi connectivity index (χ2v) is 6.00. The first kappa shape index (κ1) is 14.2. The maximum atomic E-state index is 11.1. The van der Waals surface area contributed by atoms with Gasteiger partial charge >= 0.3 is 5.97 Å². The summed E-state index contributed by atoms with van der Waals surface area (Å²) in [7, 11) is 0. The monoisotopic (exact) mass is 281 g/mol. The Kier molecular flexibility index (Phi) is 4.04. The van der Waals surface area contributed by atoms with Gasteiger partial charge in [0.15, 0.2) is 0 Å². The normalized spacial score (nSPS) is 19.6. The fraction of sp³-hybridized carbons (Fsp3) is 0.533. The summed E-state index contributed by atoms with van der Waals surface area (Å²) in [5, 5.41) is 9.84. The van der Waals surface area contributed by atoms with E-state index in [0.29, 0.717) is 12.5 Å². The van der Waals surface area contributed by atoms with Crippen molar-refractivity contribution in [3.8, 4) is 0 Å². The van der Waals surface area contributed by atoms with E-state index in [9.17, 15) is 4.79 Å². The van der Waals surface area contributed by atoms with Gasteiger partial charge in [0.25, 0.3) is 0 Å². The SMILES string of the molecule is CC(CC1CN(C(C)C)c2cccc(Cl)c21)C(=O)O. The molecule has 0 aliphatic carbocycles. The Labute approximate surface area is 119 Å². The maximum absolute atomic E-state index is 11.1. The summed E-state index contributed by atoms with van der Waals surface area (Å²) < 4.78 is 0. The highest BCUT2D eigenvalue weighted by molar-refractivity contribution is 6.32. The number of halogens is 1. The molecule has 1 aliphatic rings. The number of rotatable bonds is 4. The number of carboxylic acid groups (broad SMARTS) is 1. The van der Waals surface area contributed by atoms with Gasteiger partial charge in [-0.3, -0.25) is 4.79 Å². The van der Waals surface area contributed by atoms with E-state index in [0.717, 1.165) is 22.8 Å². The van der Waals surface area contributed by atoms with Crippen LogP contribution in [-0.2, 0) is 4.79 Å². The standard InChI is InChI=1S/C15H20ClNO2/c1-9(2)17-8-11(7-10(3)15(18)19)14-12(16)5-4-6-13(14)17/h4-6,9-11H,7-8H2,1-3H3,(H,18,19). The van der Waals surface area contributed by atoms with E-state index in [2.05, 4.69) is 24.8 Å². The van der Waals surface area contributed by atoms with Crippen molar-refractivity contribution in [2.45, 2.75) is 39.2 Å². The maximum Gasteiger partial charge on any atom is 0.306 e. The van der Waals surface area contributed by atoms with Crippen LogP contribution in [0, 0.1) is 5.92 Å². The van der Waals surface area contributed by atoms with E-state index >= 15 is 0 Å². The van der Waals surface area contributed by atoms with E-state index in [4.69, 9.17) is 16.7 Å². The van der Waals surface area contributed by atoms with Crippen LogP contribution >= 0.6 is 11.6 Å². The second-order valence-electron chi connectivity index (χ2n) is 5.59. The molecule has 2 rings (SSSR count). The van der Waals surface area contributed by atoms with E-state index < -0.39 is 5.97 Å². The highest BCUT2D eigenvalue weighted by Crippen LogP contribution is 2.44. The summed E-state index contributed by atoms with van der Waals surface area (Å²) in [6, 6.07) is 6.32. The summed E-state index contributed by atoms with van der Waals surface area (Å²) in [5.74, 6) is -0.880. The molecule has 0 saturated carbocycles. The highest BCUT2D eigenvalue weighted by Gasteiger charge is 2.33. The largest absolute Gasteiger partial charge is 0.481 e. The summed E-state index contributed by atoms with van der Waals surface area (Å²) in [5.41, 5.74) is 2.27. The molecule has 0 spiro atoms. The molecule has 19 heavy (non-hydrogen) atoms. The number of fused-ring (bicyclic) bond motifs is 1. The van der Waals surface area contributed by atoms with Crippen LogP contribution in [-0.4, -0.2) is 23.7 Å². The van der Waals surface area contributed by atoms with Crippen LogP contribution < -0.4 is 4.90 Å². The van der Waals surface area contributed by atoms with Gasteiger partial charge in [0.1, 0.15) is 0 Å². The minimum absolute atomic E-state index is 0.206. The van der Waals surface area contributed by atoms with Crippen LogP contribution in [0.15, 0.2) is 18.2 Å². The van der Waals surface area contributed by atoms with Crippen LogP contribution in [0.2, 0.25) is 5.02 Å². The molecule has 0 bridgehead atoms. The van der Waals surface area contributed by atoms with Gasteiger partial charge in [-0.25, -0.2) is 0 Å². The molecule has 1 heterocycles. The van der Waals surface area contributed by atoms with Crippen LogP contribution in [0.3, 0.4) is 0 Å². The van der Waals surface area contributed by atoms with Crippen LogP contribution in [0.5, 0.6) is 0 Å². The molecule has 3 nitrogen and oxygen atoms in total. The van der Waals surface area contributed by atoms with Crippen LogP contribution in [0.1, 0.15) is 38.7 Å². The van der Waals surface area contributed by atoms with Crippen LogP contribution in [0.4, 0.5) is 5.69 Å². The lowest BCUT2D eigenvalue weighted by atomic mass is 9.91. The summed E-state index contributed by atoms with van der Waals surface area (Å²) in [6.07, 6.45) is 0.634. The number of hydrogen-bond donors (Lipinski definition) is 1. The van der Waals surface area contributed by atoms with Crippen molar-refractivity contribution in [1.29, 1.82) is 0 Å². The third-order valence-corrected chi connectivity index (χ3v) is 4.18. The molecule has 2 atom stereocenters. The van der Waals surface area contributed by atoms with Gasteiger partial charge in [-0.1, -0.05) is 24.6 Å². The van der Waals surface area contributed by atoms with Crippen molar-refractivity contribution in [1.82, 2.24) is 0 Å². The average molecular weight is 282 g/mol. The van der Waals surface area contributed by atoms with Gasteiger partial charge in [0.2, 0.25) is 0 Å². The molecule has 0 amide bonds. The Balaban J connectivity index is 2.32. The molecule has 4 heteroatoms. The Hall–Kier alpha value is -1.22. The number of nitrogens with zero attached hydrogens (tertiary/aromatic N) is 1. The zero-order valence-corrected chi connectivity index (χ0v) is 12.3. The Morgan fingerprint density at radius 2 is 2.16 bits per heavy atom. The smallest absolute Gasteiger partial charge is 0.306 e. The van der Waals surface area contributed by atoms with E-state index in [1.165, 1.54) is 0 Å². The fourth-order valence-electron chi connectivity index (χ4n) is 2.82. The Bertz CT molecular complexity index is 487. The number of anilines is 1. The van der Waals surface area contributed by atoms with Gasteiger partial charge in [-0.2, -0.15) is 0 Å². The van der Waals surface area contributed by atoms with Crippen LogP contribution in [0.25, 0.3) is 0 Å². The number of benzene rings is 1. The molecule has 1 aromatic rings. The molecule has 0 saturated heterocycles. The lowest BCUT2D eigenvalue weighted by molar-refractivity contribution is -0.141. The Morgan fingerprint density at radius 3 is 2.74 bits per heavy atom. The number of carbonyl (C=O) groups is 1. The third kappa shape index (κ3) is 2.71. The number of aliphatic carboxylic acids is 1. The van der Waals surface area contributed by atoms with Crippen molar-refractivity contribution < 1.29 is 9.90 Å². The molecule has 2 unspecified atom stereocenters. The first-order valence-corrected chi connectivity index (χ1v) is 7.07. The highest BCUT2D eigenvalue weighted by atomic mass is 35.5. The minimum Gasteiger partial charge on any atom is -0.481 e. The fourth-order valence-corrected chi connectivity index (χ4v) is 3.14. The van der Waals surface area contributed by atoms with Crippen molar-refractivity contribution in [3.05, 3.63) is 28.8 Å². The number of hydrogen-bond acceptors (Lipinski definition) is 2. The molecular formula is C15H20ClNO2. The average Bonchev–Trinajstić information content (AvgIpc) is 2.69. The lowest BCUT2D eigenvalue weighted by Crippen LogP contribution is -2.30. The minimum atomic E-state index is -0.739.